The van der Waals surface area contributed by atoms with Gasteiger partial charge in [0.1, 0.15) is 0 Å². The average molecular weight is 272 g/mol. The van der Waals surface area contributed by atoms with Crippen molar-refractivity contribution in [3.05, 3.63) is 59.1 Å². The predicted molar refractivity (Wildman–Crippen MR) is 66.2 cm³/mol. The fourth-order valence-corrected chi connectivity index (χ4v) is 1.67. The third-order valence-corrected chi connectivity index (χ3v) is 2.56. The molecule has 2 aromatic carbocycles. The Bertz CT molecular complexity index is 535. The molecule has 0 fully saturated rings. The fraction of sp³-hybridized carbons (Fsp3) is 0.0769. The van der Waals surface area contributed by atoms with Crippen molar-refractivity contribution in [2.45, 2.75) is 6.18 Å². The Morgan fingerprint density at radius 2 is 1.56 bits per heavy atom. The number of alkyl halides is 3. The Morgan fingerprint density at radius 3 is 2.11 bits per heavy atom. The van der Waals surface area contributed by atoms with Gasteiger partial charge in [-0.2, -0.15) is 13.2 Å². The minimum absolute atomic E-state index is 0.562. The molecule has 0 amide bonds. The van der Waals surface area contributed by atoms with Crippen molar-refractivity contribution in [1.29, 1.82) is 0 Å². The van der Waals surface area contributed by atoms with E-state index in [9.17, 15) is 13.2 Å². The van der Waals surface area contributed by atoms with Gasteiger partial charge in [-0.3, -0.25) is 0 Å². The van der Waals surface area contributed by atoms with E-state index in [1.54, 1.807) is 24.3 Å². The number of nitrogens with one attached hydrogen (secondary N) is 1. The number of rotatable bonds is 2. The van der Waals surface area contributed by atoms with Crippen molar-refractivity contribution in [3.8, 4) is 0 Å². The second kappa shape index (κ2) is 4.90. The Labute approximate surface area is 107 Å². The summed E-state index contributed by atoms with van der Waals surface area (Å²) in [5.74, 6) is 0. The van der Waals surface area contributed by atoms with Gasteiger partial charge in [-0.25, -0.2) is 0 Å². The molecule has 2 rings (SSSR count). The van der Waals surface area contributed by atoms with Gasteiger partial charge >= 0.3 is 6.18 Å². The molecular weight excluding hydrogens is 263 g/mol. The second-order valence-corrected chi connectivity index (χ2v) is 4.15. The Hall–Kier alpha value is -1.68. The number of hydrogen-bond donors (Lipinski definition) is 1. The summed E-state index contributed by atoms with van der Waals surface area (Å²) in [6, 6.07) is 11.8. The van der Waals surface area contributed by atoms with Crippen LogP contribution < -0.4 is 5.32 Å². The molecule has 0 aliphatic carbocycles. The maximum atomic E-state index is 12.4. The van der Waals surface area contributed by atoms with E-state index in [-0.39, 0.29) is 0 Å². The van der Waals surface area contributed by atoms with E-state index in [4.69, 9.17) is 11.6 Å². The van der Waals surface area contributed by atoms with Crippen molar-refractivity contribution in [1.82, 2.24) is 0 Å². The zero-order valence-electron chi connectivity index (χ0n) is 9.13. The molecule has 1 nitrogen and oxygen atoms in total. The molecule has 0 atom stereocenters. The van der Waals surface area contributed by atoms with Crippen LogP contribution in [0.3, 0.4) is 0 Å². The van der Waals surface area contributed by atoms with E-state index in [1.165, 1.54) is 12.1 Å². The molecule has 0 saturated heterocycles. The molecule has 0 unspecified atom stereocenters. The van der Waals surface area contributed by atoms with Gasteiger partial charge in [0.15, 0.2) is 0 Å². The number of hydrogen-bond acceptors (Lipinski definition) is 1. The lowest BCUT2D eigenvalue weighted by Crippen LogP contribution is -2.04. The smallest absolute Gasteiger partial charge is 0.355 e. The lowest BCUT2D eigenvalue weighted by molar-refractivity contribution is -0.137. The molecule has 0 spiro atoms. The van der Waals surface area contributed by atoms with Crippen molar-refractivity contribution >= 4 is 23.0 Å². The first-order chi connectivity index (χ1) is 8.45. The molecule has 0 saturated carbocycles. The molecule has 0 radical (unpaired) electrons. The first-order valence-electron chi connectivity index (χ1n) is 5.15. The lowest BCUT2D eigenvalue weighted by atomic mass is 10.2. The van der Waals surface area contributed by atoms with Crippen molar-refractivity contribution in [2.75, 3.05) is 5.32 Å². The van der Waals surface area contributed by atoms with Crippen LogP contribution in [0.2, 0.25) is 5.02 Å². The van der Waals surface area contributed by atoms with Gasteiger partial charge in [0.2, 0.25) is 0 Å². The summed E-state index contributed by atoms with van der Waals surface area (Å²) in [6.45, 7) is 0. The van der Waals surface area contributed by atoms with E-state index in [1.807, 2.05) is 0 Å². The second-order valence-electron chi connectivity index (χ2n) is 3.71. The number of benzene rings is 2. The highest BCUT2D eigenvalue weighted by molar-refractivity contribution is 6.30. The highest BCUT2D eigenvalue weighted by Gasteiger charge is 2.29. The van der Waals surface area contributed by atoms with Gasteiger partial charge < -0.3 is 5.32 Å². The third kappa shape index (κ3) is 3.17. The van der Waals surface area contributed by atoms with Crippen LogP contribution in [0.4, 0.5) is 24.5 Å². The molecule has 1 N–H and O–H groups in total. The SMILES string of the molecule is FC(F)(F)c1ccc(Nc2cccc(Cl)c2)cc1. The molecule has 2 aromatic rings. The molecule has 5 heteroatoms. The molecule has 0 heterocycles. The molecule has 94 valence electrons. The topological polar surface area (TPSA) is 12.0 Å². The van der Waals surface area contributed by atoms with Crippen LogP contribution in [0, 0.1) is 0 Å². The van der Waals surface area contributed by atoms with Crippen molar-refractivity contribution < 1.29 is 13.2 Å². The minimum atomic E-state index is -4.31. The molecule has 0 bridgehead atoms. The third-order valence-electron chi connectivity index (χ3n) is 2.33. The van der Waals surface area contributed by atoms with Crippen LogP contribution in [-0.2, 0) is 6.18 Å². The van der Waals surface area contributed by atoms with E-state index in [0.29, 0.717) is 10.7 Å². The summed E-state index contributed by atoms with van der Waals surface area (Å²) in [5.41, 5.74) is 0.631. The van der Waals surface area contributed by atoms with Gasteiger partial charge in [-0.15, -0.1) is 0 Å². The van der Waals surface area contributed by atoms with Gasteiger partial charge in [-0.05, 0) is 42.5 Å². The first kappa shape index (κ1) is 12.8. The first-order valence-corrected chi connectivity index (χ1v) is 5.53. The van der Waals surface area contributed by atoms with Crippen LogP contribution in [0.15, 0.2) is 48.5 Å². The lowest BCUT2D eigenvalue weighted by Gasteiger charge is -2.09. The van der Waals surface area contributed by atoms with Crippen LogP contribution >= 0.6 is 11.6 Å². The predicted octanol–water partition coefficient (Wildman–Crippen LogP) is 5.10. The van der Waals surface area contributed by atoms with E-state index >= 15 is 0 Å². The zero-order valence-corrected chi connectivity index (χ0v) is 9.89. The minimum Gasteiger partial charge on any atom is -0.355 e. The zero-order chi connectivity index (χ0) is 13.2. The molecule has 0 aliphatic heterocycles. The van der Waals surface area contributed by atoms with Crippen LogP contribution in [0.25, 0.3) is 0 Å². The summed E-state index contributed by atoms with van der Waals surface area (Å²) in [5, 5.41) is 3.53. The molecular formula is C13H9ClF3N. The number of halogens is 4. The number of anilines is 2. The maximum Gasteiger partial charge on any atom is 0.416 e. The average Bonchev–Trinajstić information content (AvgIpc) is 2.28. The summed E-state index contributed by atoms with van der Waals surface area (Å²) in [7, 11) is 0. The summed E-state index contributed by atoms with van der Waals surface area (Å²) in [4.78, 5) is 0. The molecule has 18 heavy (non-hydrogen) atoms. The summed E-state index contributed by atoms with van der Waals surface area (Å²) < 4.78 is 37.1. The van der Waals surface area contributed by atoms with E-state index < -0.39 is 11.7 Å². The fourth-order valence-electron chi connectivity index (χ4n) is 1.48. The standard InChI is InChI=1S/C13H9ClF3N/c14-10-2-1-3-12(8-10)18-11-6-4-9(5-7-11)13(15,16)17/h1-8,18H. The monoisotopic (exact) mass is 271 g/mol. The normalized spacial score (nSPS) is 11.3. The quantitative estimate of drug-likeness (QED) is 0.801. The van der Waals surface area contributed by atoms with E-state index in [2.05, 4.69) is 5.32 Å². The van der Waals surface area contributed by atoms with Gasteiger partial charge in [0, 0.05) is 16.4 Å². The summed E-state index contributed by atoms with van der Waals surface area (Å²) in [6.07, 6.45) is -4.31. The Balaban J connectivity index is 2.16. The van der Waals surface area contributed by atoms with Crippen LogP contribution in [0.5, 0.6) is 0 Å². The van der Waals surface area contributed by atoms with Gasteiger partial charge in [-0.1, -0.05) is 17.7 Å². The van der Waals surface area contributed by atoms with Crippen LogP contribution in [-0.4, -0.2) is 0 Å². The Kier molecular flexibility index (Phi) is 3.48. The van der Waals surface area contributed by atoms with Crippen molar-refractivity contribution in [3.63, 3.8) is 0 Å². The summed E-state index contributed by atoms with van der Waals surface area (Å²) >= 11 is 5.81. The molecule has 0 aromatic heterocycles. The maximum absolute atomic E-state index is 12.4. The molecule has 0 aliphatic rings. The van der Waals surface area contributed by atoms with Crippen molar-refractivity contribution in [2.24, 2.45) is 0 Å². The highest BCUT2D eigenvalue weighted by Crippen LogP contribution is 2.30. The largest absolute Gasteiger partial charge is 0.416 e. The Morgan fingerprint density at radius 1 is 0.889 bits per heavy atom. The highest BCUT2D eigenvalue weighted by atomic mass is 35.5. The van der Waals surface area contributed by atoms with Gasteiger partial charge in [0.05, 0.1) is 5.56 Å². The van der Waals surface area contributed by atoms with E-state index in [0.717, 1.165) is 17.8 Å². The van der Waals surface area contributed by atoms with Crippen LogP contribution in [0.1, 0.15) is 5.56 Å². The van der Waals surface area contributed by atoms with Gasteiger partial charge in [0.25, 0.3) is 0 Å².